The molecule has 0 bridgehead atoms. The number of rotatable bonds is 2. The minimum Gasteiger partial charge on any atom is -0.349 e. The van der Waals surface area contributed by atoms with E-state index in [1.54, 1.807) is 10.9 Å². The molecule has 1 aliphatic rings. The first-order valence-corrected chi connectivity index (χ1v) is 6.09. The normalized spacial score (nSPS) is 23.3. The van der Waals surface area contributed by atoms with Gasteiger partial charge in [-0.1, -0.05) is 6.92 Å². The average Bonchev–Trinajstić information content (AvgIpc) is 2.61. The molecule has 2 unspecified atom stereocenters. The van der Waals surface area contributed by atoms with Gasteiger partial charge in [0.05, 0.1) is 11.3 Å². The summed E-state index contributed by atoms with van der Waals surface area (Å²) in [7, 11) is 1.83. The van der Waals surface area contributed by atoms with E-state index < -0.39 is 0 Å². The lowest BCUT2D eigenvalue weighted by molar-refractivity contribution is 0.0913. The molecule has 0 aliphatic carbocycles. The van der Waals surface area contributed by atoms with Gasteiger partial charge in [-0.3, -0.25) is 9.48 Å². The van der Waals surface area contributed by atoms with Gasteiger partial charge < -0.3 is 10.6 Å². The second kappa shape index (κ2) is 6.20. The molecule has 2 N–H and O–H groups in total. The van der Waals surface area contributed by atoms with Gasteiger partial charge in [-0.15, -0.1) is 12.4 Å². The monoisotopic (exact) mass is 272 g/mol. The van der Waals surface area contributed by atoms with Crippen molar-refractivity contribution in [2.45, 2.75) is 26.3 Å². The zero-order valence-electron chi connectivity index (χ0n) is 11.1. The van der Waals surface area contributed by atoms with E-state index in [0.717, 1.165) is 25.2 Å². The SMILES string of the molecule is Cc1nn(C)cc1C(=O)NC1CCNCC1C.Cl. The van der Waals surface area contributed by atoms with E-state index >= 15 is 0 Å². The third-order valence-electron chi connectivity index (χ3n) is 3.36. The minimum atomic E-state index is -0.00523. The fourth-order valence-corrected chi connectivity index (χ4v) is 2.30. The van der Waals surface area contributed by atoms with E-state index in [4.69, 9.17) is 0 Å². The maximum Gasteiger partial charge on any atom is 0.254 e. The summed E-state index contributed by atoms with van der Waals surface area (Å²) in [4.78, 5) is 12.1. The van der Waals surface area contributed by atoms with Gasteiger partial charge in [0.1, 0.15) is 0 Å². The van der Waals surface area contributed by atoms with Crippen LogP contribution in [-0.2, 0) is 7.05 Å². The number of nitrogens with one attached hydrogen (secondary N) is 2. The van der Waals surface area contributed by atoms with Crippen molar-refractivity contribution < 1.29 is 4.79 Å². The van der Waals surface area contributed by atoms with Crippen LogP contribution in [0.3, 0.4) is 0 Å². The number of nitrogens with zero attached hydrogens (tertiary/aromatic N) is 2. The molecule has 0 spiro atoms. The van der Waals surface area contributed by atoms with Gasteiger partial charge in [-0.05, 0) is 32.4 Å². The first-order chi connectivity index (χ1) is 8.08. The smallest absolute Gasteiger partial charge is 0.254 e. The van der Waals surface area contributed by atoms with Crippen LogP contribution in [0.4, 0.5) is 0 Å². The van der Waals surface area contributed by atoms with Gasteiger partial charge in [0.2, 0.25) is 0 Å². The van der Waals surface area contributed by atoms with Gasteiger partial charge in [0.15, 0.2) is 0 Å². The van der Waals surface area contributed by atoms with Crippen LogP contribution < -0.4 is 10.6 Å². The maximum atomic E-state index is 12.1. The highest BCUT2D eigenvalue weighted by Gasteiger charge is 2.24. The Kier molecular flexibility index (Phi) is 5.16. The van der Waals surface area contributed by atoms with Crippen molar-refractivity contribution in [3.63, 3.8) is 0 Å². The van der Waals surface area contributed by atoms with E-state index in [0.29, 0.717) is 11.5 Å². The number of aryl methyl sites for hydroxylation is 2. The van der Waals surface area contributed by atoms with Crippen molar-refractivity contribution >= 4 is 18.3 Å². The van der Waals surface area contributed by atoms with Crippen molar-refractivity contribution in [2.75, 3.05) is 13.1 Å². The Hall–Kier alpha value is -1.07. The van der Waals surface area contributed by atoms with Crippen molar-refractivity contribution in [1.29, 1.82) is 0 Å². The molecule has 2 rings (SSSR count). The van der Waals surface area contributed by atoms with E-state index in [9.17, 15) is 4.79 Å². The highest BCUT2D eigenvalue weighted by atomic mass is 35.5. The Morgan fingerprint density at radius 1 is 1.61 bits per heavy atom. The molecule has 18 heavy (non-hydrogen) atoms. The summed E-state index contributed by atoms with van der Waals surface area (Å²) in [6, 6.07) is 0.267. The largest absolute Gasteiger partial charge is 0.349 e. The highest BCUT2D eigenvalue weighted by Crippen LogP contribution is 2.12. The topological polar surface area (TPSA) is 59.0 Å². The summed E-state index contributed by atoms with van der Waals surface area (Å²) in [6.07, 6.45) is 2.77. The van der Waals surface area contributed by atoms with E-state index in [1.807, 2.05) is 14.0 Å². The quantitative estimate of drug-likeness (QED) is 0.840. The van der Waals surface area contributed by atoms with Gasteiger partial charge in [0.25, 0.3) is 5.91 Å². The van der Waals surface area contributed by atoms with Crippen molar-refractivity contribution in [3.05, 3.63) is 17.5 Å². The zero-order chi connectivity index (χ0) is 12.4. The fourth-order valence-electron chi connectivity index (χ4n) is 2.30. The third-order valence-corrected chi connectivity index (χ3v) is 3.36. The first kappa shape index (κ1) is 15.0. The van der Waals surface area contributed by atoms with Crippen LogP contribution in [0.5, 0.6) is 0 Å². The number of piperidine rings is 1. The molecule has 1 saturated heterocycles. The number of amides is 1. The van der Waals surface area contributed by atoms with E-state index in [2.05, 4.69) is 22.7 Å². The Labute approximate surface area is 114 Å². The van der Waals surface area contributed by atoms with Crippen LogP contribution in [0.25, 0.3) is 0 Å². The molecule has 6 heteroatoms. The van der Waals surface area contributed by atoms with Crippen molar-refractivity contribution in [2.24, 2.45) is 13.0 Å². The predicted octanol–water partition coefficient (Wildman–Crippen LogP) is 0.878. The number of carbonyl (C=O) groups excluding carboxylic acids is 1. The average molecular weight is 273 g/mol. The molecule has 0 aromatic carbocycles. The lowest BCUT2D eigenvalue weighted by Gasteiger charge is -2.30. The maximum absolute atomic E-state index is 12.1. The summed E-state index contributed by atoms with van der Waals surface area (Å²) in [5.41, 5.74) is 1.46. The molecule has 1 fully saturated rings. The zero-order valence-corrected chi connectivity index (χ0v) is 11.9. The molecular formula is C12H21ClN4O. The molecule has 5 nitrogen and oxygen atoms in total. The molecule has 0 saturated carbocycles. The molecule has 2 atom stereocenters. The second-order valence-corrected chi connectivity index (χ2v) is 4.85. The Morgan fingerprint density at radius 2 is 2.33 bits per heavy atom. The van der Waals surface area contributed by atoms with E-state index in [-0.39, 0.29) is 24.4 Å². The number of halogens is 1. The third kappa shape index (κ3) is 3.23. The fraction of sp³-hybridized carbons (Fsp3) is 0.667. The molecular weight excluding hydrogens is 252 g/mol. The van der Waals surface area contributed by atoms with Crippen LogP contribution in [0.15, 0.2) is 6.20 Å². The molecule has 1 amide bonds. The van der Waals surface area contributed by atoms with Crippen LogP contribution >= 0.6 is 12.4 Å². The van der Waals surface area contributed by atoms with Crippen molar-refractivity contribution in [1.82, 2.24) is 20.4 Å². The summed E-state index contributed by atoms with van der Waals surface area (Å²) >= 11 is 0. The molecule has 1 aliphatic heterocycles. The lowest BCUT2D eigenvalue weighted by atomic mass is 9.95. The minimum absolute atomic E-state index is 0. The number of aromatic nitrogens is 2. The van der Waals surface area contributed by atoms with Crippen LogP contribution in [0, 0.1) is 12.8 Å². The summed E-state index contributed by atoms with van der Waals surface area (Å²) < 4.78 is 1.68. The number of hydrogen-bond acceptors (Lipinski definition) is 3. The Morgan fingerprint density at radius 3 is 2.89 bits per heavy atom. The predicted molar refractivity (Wildman–Crippen MR) is 73.1 cm³/mol. The summed E-state index contributed by atoms with van der Waals surface area (Å²) in [5, 5.41) is 10.6. The van der Waals surface area contributed by atoms with E-state index in [1.165, 1.54) is 0 Å². The lowest BCUT2D eigenvalue weighted by Crippen LogP contribution is -2.48. The van der Waals surface area contributed by atoms with Gasteiger partial charge >= 0.3 is 0 Å². The van der Waals surface area contributed by atoms with Gasteiger partial charge in [0, 0.05) is 19.3 Å². The number of hydrogen-bond donors (Lipinski definition) is 2. The Balaban J connectivity index is 0.00000162. The molecule has 1 aromatic heterocycles. The van der Waals surface area contributed by atoms with Crippen molar-refractivity contribution in [3.8, 4) is 0 Å². The van der Waals surface area contributed by atoms with Gasteiger partial charge in [-0.2, -0.15) is 5.10 Å². The van der Waals surface area contributed by atoms with Crippen LogP contribution in [0.1, 0.15) is 29.4 Å². The van der Waals surface area contributed by atoms with Gasteiger partial charge in [-0.25, -0.2) is 0 Å². The number of carbonyl (C=O) groups is 1. The Bertz CT molecular complexity index is 418. The summed E-state index contributed by atoms with van der Waals surface area (Å²) in [6.45, 7) is 5.96. The van der Waals surface area contributed by atoms with Crippen LogP contribution in [0.2, 0.25) is 0 Å². The summed E-state index contributed by atoms with van der Waals surface area (Å²) in [5.74, 6) is 0.471. The molecule has 102 valence electrons. The highest BCUT2D eigenvalue weighted by molar-refractivity contribution is 5.95. The second-order valence-electron chi connectivity index (χ2n) is 4.85. The van der Waals surface area contributed by atoms with Crippen LogP contribution in [-0.4, -0.2) is 34.8 Å². The first-order valence-electron chi connectivity index (χ1n) is 6.09. The standard InChI is InChI=1S/C12H20N4O.ClH/c1-8-6-13-5-4-11(8)14-12(17)10-7-16(3)15-9(10)2;/h7-8,11,13H,4-6H2,1-3H3,(H,14,17);1H. The molecule has 1 aromatic rings. The molecule has 0 radical (unpaired) electrons. The molecule has 2 heterocycles.